The average Bonchev–Trinajstić information content (AvgIpc) is 2.93. The van der Waals surface area contributed by atoms with E-state index in [1.807, 2.05) is 31.2 Å². The second kappa shape index (κ2) is 8.78. The minimum Gasteiger partial charge on any atom is -0.391 e. The van der Waals surface area contributed by atoms with Gasteiger partial charge in [-0.1, -0.05) is 35.5 Å². The Morgan fingerprint density at radius 3 is 2.77 bits per heavy atom. The summed E-state index contributed by atoms with van der Waals surface area (Å²) < 4.78 is 5.02. The Morgan fingerprint density at radius 2 is 2.14 bits per heavy atom. The highest BCUT2D eigenvalue weighted by atomic mass is 35.5. The van der Waals surface area contributed by atoms with E-state index in [2.05, 4.69) is 27.5 Å². The van der Waals surface area contributed by atoms with Crippen molar-refractivity contribution in [2.24, 2.45) is 0 Å². The molecule has 0 amide bonds. The van der Waals surface area contributed by atoms with E-state index in [-0.39, 0.29) is 5.88 Å². The third-order valence-corrected chi connectivity index (χ3v) is 3.61. The van der Waals surface area contributed by atoms with Crippen molar-refractivity contribution in [2.45, 2.75) is 19.6 Å². The Bertz CT molecular complexity index is 547. The maximum absolute atomic E-state index is 9.80. The van der Waals surface area contributed by atoms with Gasteiger partial charge in [0.2, 0.25) is 0 Å². The smallest absolute Gasteiger partial charge is 0.169 e. The van der Waals surface area contributed by atoms with Crippen molar-refractivity contribution in [3.8, 4) is 0 Å². The fraction of sp³-hybridized carbons (Fsp3) is 0.438. The van der Waals surface area contributed by atoms with Crippen molar-refractivity contribution in [1.29, 1.82) is 0 Å². The second-order valence-corrected chi connectivity index (χ2v) is 5.59. The molecule has 2 aromatic rings. The largest absolute Gasteiger partial charge is 0.391 e. The van der Waals surface area contributed by atoms with E-state index in [0.717, 1.165) is 24.7 Å². The van der Waals surface area contributed by atoms with Crippen LogP contribution < -0.4 is 5.32 Å². The predicted molar refractivity (Wildman–Crippen MR) is 88.2 cm³/mol. The Morgan fingerprint density at radius 1 is 1.36 bits per heavy atom. The number of halogens is 1. The van der Waals surface area contributed by atoms with Gasteiger partial charge < -0.3 is 14.9 Å². The molecule has 0 aliphatic heterocycles. The molecule has 120 valence electrons. The third-order valence-electron chi connectivity index (χ3n) is 3.26. The van der Waals surface area contributed by atoms with Gasteiger partial charge in [0.15, 0.2) is 5.82 Å². The average molecular weight is 324 g/mol. The number of nitrogens with one attached hydrogen (secondary N) is 1. The number of aryl methyl sites for hydroxylation is 1. The molecular formula is C16H22ClN3O2. The fourth-order valence-electron chi connectivity index (χ4n) is 2.22. The molecule has 1 heterocycles. The number of aromatic nitrogens is 1. The highest BCUT2D eigenvalue weighted by Crippen LogP contribution is 2.08. The minimum absolute atomic E-state index is 0.237. The molecule has 2 N–H and O–H groups in total. The van der Waals surface area contributed by atoms with E-state index in [4.69, 9.17) is 16.1 Å². The number of hydrogen-bond acceptors (Lipinski definition) is 5. The maximum Gasteiger partial charge on any atom is 0.169 e. The molecule has 2 rings (SSSR count). The van der Waals surface area contributed by atoms with Crippen molar-refractivity contribution in [1.82, 2.24) is 10.1 Å². The number of anilines is 1. The number of nitrogens with zero attached hydrogens (tertiary/aromatic N) is 2. The molecule has 0 saturated carbocycles. The summed E-state index contributed by atoms with van der Waals surface area (Å²) in [5.74, 6) is 1.75. The van der Waals surface area contributed by atoms with E-state index in [0.29, 0.717) is 13.1 Å². The van der Waals surface area contributed by atoms with E-state index >= 15 is 0 Å². The SMILES string of the molecule is Cc1cc(NCCN(Cc2ccccc2)C[C@H](O)CCl)no1. The zero-order valence-electron chi connectivity index (χ0n) is 12.7. The van der Waals surface area contributed by atoms with Crippen molar-refractivity contribution in [2.75, 3.05) is 30.8 Å². The van der Waals surface area contributed by atoms with Crippen molar-refractivity contribution in [3.05, 3.63) is 47.7 Å². The summed E-state index contributed by atoms with van der Waals surface area (Å²) in [6, 6.07) is 12.0. The number of aliphatic hydroxyl groups is 1. The number of alkyl halides is 1. The lowest BCUT2D eigenvalue weighted by molar-refractivity contribution is 0.127. The van der Waals surface area contributed by atoms with Crippen LogP contribution in [0.1, 0.15) is 11.3 Å². The molecule has 1 aromatic carbocycles. The summed E-state index contributed by atoms with van der Waals surface area (Å²) in [6.45, 7) is 4.66. The lowest BCUT2D eigenvalue weighted by atomic mass is 10.2. The predicted octanol–water partition coefficient (Wildman–Crippen LogP) is 2.50. The normalized spacial score (nSPS) is 12.5. The summed E-state index contributed by atoms with van der Waals surface area (Å²) in [6.07, 6.45) is -0.528. The van der Waals surface area contributed by atoms with Gasteiger partial charge in [-0.05, 0) is 12.5 Å². The highest BCUT2D eigenvalue weighted by Gasteiger charge is 2.11. The van der Waals surface area contributed by atoms with Crippen molar-refractivity contribution < 1.29 is 9.63 Å². The minimum atomic E-state index is -0.528. The lowest BCUT2D eigenvalue weighted by Gasteiger charge is -2.24. The first-order chi connectivity index (χ1) is 10.7. The van der Waals surface area contributed by atoms with Gasteiger partial charge in [-0.25, -0.2) is 0 Å². The van der Waals surface area contributed by atoms with Crippen LogP contribution in [0.25, 0.3) is 0 Å². The Hall–Kier alpha value is -1.56. The van der Waals surface area contributed by atoms with Crippen LogP contribution >= 0.6 is 11.6 Å². The molecule has 0 radical (unpaired) electrons. The molecule has 0 aliphatic carbocycles. The number of benzene rings is 1. The molecule has 1 aromatic heterocycles. The molecule has 5 nitrogen and oxygen atoms in total. The number of rotatable bonds is 9. The fourth-order valence-corrected chi connectivity index (χ4v) is 2.31. The summed E-state index contributed by atoms with van der Waals surface area (Å²) in [4.78, 5) is 2.17. The summed E-state index contributed by atoms with van der Waals surface area (Å²) in [5, 5.41) is 16.9. The molecule has 6 heteroatoms. The first-order valence-corrected chi connectivity index (χ1v) is 7.88. The molecule has 0 aliphatic rings. The molecule has 0 saturated heterocycles. The van der Waals surface area contributed by atoms with Crippen LogP contribution in [0.3, 0.4) is 0 Å². The summed E-state index contributed by atoms with van der Waals surface area (Å²) >= 11 is 5.72. The molecule has 1 atom stereocenters. The first kappa shape index (κ1) is 16.8. The lowest BCUT2D eigenvalue weighted by Crippen LogP contribution is -2.36. The Labute approximate surface area is 135 Å². The van der Waals surface area contributed by atoms with E-state index in [1.54, 1.807) is 0 Å². The summed E-state index contributed by atoms with van der Waals surface area (Å²) in [5.41, 5.74) is 1.21. The van der Waals surface area contributed by atoms with Gasteiger partial charge >= 0.3 is 0 Å². The monoisotopic (exact) mass is 323 g/mol. The van der Waals surface area contributed by atoms with Crippen molar-refractivity contribution in [3.63, 3.8) is 0 Å². The van der Waals surface area contributed by atoms with Crippen LogP contribution in [0.5, 0.6) is 0 Å². The standard InChI is InChI=1S/C16H22ClN3O2/c1-13-9-16(19-22-13)18-7-8-20(12-15(21)10-17)11-14-5-3-2-4-6-14/h2-6,9,15,21H,7-8,10-12H2,1H3,(H,18,19)/t15-/m1/s1. The molecule has 0 bridgehead atoms. The van der Waals surface area contributed by atoms with Gasteiger partial charge in [-0.15, -0.1) is 11.6 Å². The second-order valence-electron chi connectivity index (χ2n) is 5.28. The first-order valence-electron chi connectivity index (χ1n) is 7.35. The van der Waals surface area contributed by atoms with E-state index < -0.39 is 6.10 Å². The third kappa shape index (κ3) is 5.67. The number of aliphatic hydroxyl groups excluding tert-OH is 1. The van der Waals surface area contributed by atoms with E-state index in [1.165, 1.54) is 5.56 Å². The van der Waals surface area contributed by atoms with Crippen molar-refractivity contribution >= 4 is 17.4 Å². The molecule has 0 fully saturated rings. The van der Waals surface area contributed by atoms with Crippen LogP contribution in [0.2, 0.25) is 0 Å². The van der Waals surface area contributed by atoms with Crippen LogP contribution in [0.15, 0.2) is 40.9 Å². The Balaban J connectivity index is 1.86. The Kier molecular flexibility index (Phi) is 6.71. The van der Waals surface area contributed by atoms with Gasteiger partial charge in [-0.2, -0.15) is 0 Å². The van der Waals surface area contributed by atoms with Crippen LogP contribution in [-0.4, -0.2) is 46.8 Å². The molecule has 0 spiro atoms. The van der Waals surface area contributed by atoms with Gasteiger partial charge in [-0.3, -0.25) is 4.90 Å². The van der Waals surface area contributed by atoms with Gasteiger partial charge in [0.25, 0.3) is 0 Å². The number of hydrogen-bond donors (Lipinski definition) is 2. The summed E-state index contributed by atoms with van der Waals surface area (Å²) in [7, 11) is 0. The maximum atomic E-state index is 9.80. The molecule has 0 unspecified atom stereocenters. The molecule has 22 heavy (non-hydrogen) atoms. The van der Waals surface area contributed by atoms with Crippen LogP contribution in [-0.2, 0) is 6.54 Å². The zero-order chi connectivity index (χ0) is 15.8. The zero-order valence-corrected chi connectivity index (χ0v) is 13.5. The topological polar surface area (TPSA) is 61.5 Å². The van der Waals surface area contributed by atoms with Crippen LogP contribution in [0, 0.1) is 6.92 Å². The van der Waals surface area contributed by atoms with Gasteiger partial charge in [0.05, 0.1) is 6.10 Å². The van der Waals surface area contributed by atoms with Gasteiger partial charge in [0.1, 0.15) is 5.76 Å². The van der Waals surface area contributed by atoms with Crippen LogP contribution in [0.4, 0.5) is 5.82 Å². The quantitative estimate of drug-likeness (QED) is 0.694. The molecular weight excluding hydrogens is 302 g/mol. The highest BCUT2D eigenvalue weighted by molar-refractivity contribution is 6.18. The van der Waals surface area contributed by atoms with Gasteiger partial charge in [0, 0.05) is 38.1 Å². The van der Waals surface area contributed by atoms with E-state index in [9.17, 15) is 5.11 Å².